The van der Waals surface area contributed by atoms with E-state index in [4.69, 9.17) is 5.73 Å². The molecule has 118 valence electrons. The Hall–Kier alpha value is -0.770. The van der Waals surface area contributed by atoms with Crippen molar-refractivity contribution in [2.24, 2.45) is 28.9 Å². The van der Waals surface area contributed by atoms with E-state index in [9.17, 15) is 4.79 Å². The summed E-state index contributed by atoms with van der Waals surface area (Å²) in [6.07, 6.45) is 8.76. The molecule has 0 heterocycles. The summed E-state index contributed by atoms with van der Waals surface area (Å²) < 4.78 is 0. The first-order valence-electron chi connectivity index (χ1n) is 8.70. The lowest BCUT2D eigenvalue weighted by molar-refractivity contribution is -0.0148. The van der Waals surface area contributed by atoms with Crippen molar-refractivity contribution in [3.05, 3.63) is 0 Å². The first-order valence-corrected chi connectivity index (χ1v) is 8.70. The predicted octanol–water partition coefficient (Wildman–Crippen LogP) is 2.38. The average molecular weight is 291 g/mol. The highest BCUT2D eigenvalue weighted by Crippen LogP contribution is 2.55. The second kappa shape index (κ2) is 4.37. The number of carbonyl (C=O) groups excluding carboxylic acids is 1. The van der Waals surface area contributed by atoms with E-state index in [0.717, 1.165) is 24.2 Å². The summed E-state index contributed by atoms with van der Waals surface area (Å²) in [6, 6.07) is 0.477. The summed E-state index contributed by atoms with van der Waals surface area (Å²) >= 11 is 0. The van der Waals surface area contributed by atoms with Crippen molar-refractivity contribution in [1.82, 2.24) is 10.6 Å². The first-order chi connectivity index (χ1) is 9.86. The molecule has 0 spiro atoms. The van der Waals surface area contributed by atoms with Crippen molar-refractivity contribution in [1.29, 1.82) is 0 Å². The SMILES string of the molecule is CC1(C)C(N)CC1NC(=O)NC12CC3CC(CC(C3)C1)C2. The number of nitrogens with one attached hydrogen (secondary N) is 2. The number of amides is 2. The largest absolute Gasteiger partial charge is 0.335 e. The first kappa shape index (κ1) is 13.9. The summed E-state index contributed by atoms with van der Waals surface area (Å²) in [5.41, 5.74) is 6.17. The summed E-state index contributed by atoms with van der Waals surface area (Å²) in [6.45, 7) is 4.30. The standard InChI is InChI=1S/C17H29N3O/c1-16(2)13(18)6-14(16)19-15(21)20-17-7-10-3-11(8-17)5-12(4-10)9-17/h10-14H,3-9,18H2,1-2H3,(H2,19,20,21). The molecule has 4 nitrogen and oxygen atoms in total. The molecule has 2 atom stereocenters. The minimum atomic E-state index is 0.0266. The molecular weight excluding hydrogens is 262 g/mol. The second-order valence-electron chi connectivity index (χ2n) is 9.01. The van der Waals surface area contributed by atoms with Crippen LogP contribution in [0.2, 0.25) is 0 Å². The van der Waals surface area contributed by atoms with Gasteiger partial charge in [-0.2, -0.15) is 0 Å². The lowest BCUT2D eigenvalue weighted by atomic mass is 9.53. The molecule has 0 radical (unpaired) electrons. The Morgan fingerprint density at radius 2 is 1.52 bits per heavy atom. The van der Waals surface area contributed by atoms with E-state index in [-0.39, 0.29) is 29.1 Å². The zero-order chi connectivity index (χ0) is 14.8. The monoisotopic (exact) mass is 291 g/mol. The third-order valence-corrected chi connectivity index (χ3v) is 7.07. The van der Waals surface area contributed by atoms with Crippen molar-refractivity contribution in [2.45, 2.75) is 76.4 Å². The highest BCUT2D eigenvalue weighted by Gasteiger charge is 2.52. The van der Waals surface area contributed by atoms with Gasteiger partial charge in [0.25, 0.3) is 0 Å². The maximum Gasteiger partial charge on any atom is 0.315 e. The quantitative estimate of drug-likeness (QED) is 0.731. The van der Waals surface area contributed by atoms with E-state index in [0.29, 0.717) is 0 Å². The Kier molecular flexibility index (Phi) is 2.89. The van der Waals surface area contributed by atoms with Gasteiger partial charge in [-0.1, -0.05) is 13.8 Å². The summed E-state index contributed by atoms with van der Waals surface area (Å²) in [7, 11) is 0. The van der Waals surface area contributed by atoms with Gasteiger partial charge < -0.3 is 16.4 Å². The molecule has 21 heavy (non-hydrogen) atoms. The molecule has 2 amide bonds. The normalized spacial score (nSPS) is 49.6. The topological polar surface area (TPSA) is 67.1 Å². The molecule has 5 saturated carbocycles. The van der Waals surface area contributed by atoms with Crippen LogP contribution in [0.15, 0.2) is 0 Å². The van der Waals surface area contributed by atoms with Gasteiger partial charge in [0.2, 0.25) is 0 Å². The molecule has 2 unspecified atom stereocenters. The third-order valence-electron chi connectivity index (χ3n) is 7.07. The molecule has 5 aliphatic rings. The molecule has 5 fully saturated rings. The molecule has 4 heteroatoms. The molecule has 0 aromatic rings. The molecule has 0 aromatic carbocycles. The van der Waals surface area contributed by atoms with E-state index in [1.54, 1.807) is 0 Å². The van der Waals surface area contributed by atoms with Crippen LogP contribution in [0.4, 0.5) is 4.79 Å². The van der Waals surface area contributed by atoms with E-state index in [1.165, 1.54) is 38.5 Å². The Labute approximate surface area is 127 Å². The van der Waals surface area contributed by atoms with Gasteiger partial charge in [-0.25, -0.2) is 4.79 Å². The van der Waals surface area contributed by atoms with E-state index in [1.807, 2.05) is 0 Å². The van der Waals surface area contributed by atoms with E-state index >= 15 is 0 Å². The van der Waals surface area contributed by atoms with Gasteiger partial charge in [0.05, 0.1) is 0 Å². The van der Waals surface area contributed by atoms with Crippen molar-refractivity contribution in [3.63, 3.8) is 0 Å². The van der Waals surface area contributed by atoms with Gasteiger partial charge in [-0.05, 0) is 62.7 Å². The fraction of sp³-hybridized carbons (Fsp3) is 0.941. The summed E-state index contributed by atoms with van der Waals surface area (Å²) in [4.78, 5) is 12.5. The van der Waals surface area contributed by atoms with Crippen molar-refractivity contribution < 1.29 is 4.79 Å². The van der Waals surface area contributed by atoms with Crippen LogP contribution in [0.25, 0.3) is 0 Å². The Morgan fingerprint density at radius 1 is 1.00 bits per heavy atom. The molecule has 0 aliphatic heterocycles. The van der Waals surface area contributed by atoms with Gasteiger partial charge >= 0.3 is 6.03 Å². The van der Waals surface area contributed by atoms with Gasteiger partial charge in [-0.3, -0.25) is 0 Å². The predicted molar refractivity (Wildman–Crippen MR) is 82.7 cm³/mol. The zero-order valence-electron chi connectivity index (χ0n) is 13.3. The molecule has 5 rings (SSSR count). The maximum absolute atomic E-state index is 12.5. The Bertz CT molecular complexity index is 424. The minimum Gasteiger partial charge on any atom is -0.335 e. The van der Waals surface area contributed by atoms with Crippen molar-refractivity contribution in [3.8, 4) is 0 Å². The number of urea groups is 1. The Balaban J connectivity index is 1.39. The highest BCUT2D eigenvalue weighted by molar-refractivity contribution is 5.75. The zero-order valence-corrected chi connectivity index (χ0v) is 13.3. The van der Waals surface area contributed by atoms with Gasteiger partial charge in [0.1, 0.15) is 0 Å². The number of carbonyl (C=O) groups is 1. The summed E-state index contributed by atoms with van der Waals surface area (Å²) in [5.74, 6) is 2.60. The average Bonchev–Trinajstić information content (AvgIpc) is 2.36. The molecular formula is C17H29N3O. The van der Waals surface area contributed by atoms with Crippen molar-refractivity contribution in [2.75, 3.05) is 0 Å². The maximum atomic E-state index is 12.5. The van der Waals surface area contributed by atoms with E-state index < -0.39 is 0 Å². The van der Waals surface area contributed by atoms with Crippen LogP contribution in [0.5, 0.6) is 0 Å². The molecule has 0 saturated heterocycles. The Morgan fingerprint density at radius 3 is 1.95 bits per heavy atom. The van der Waals surface area contributed by atoms with Crippen LogP contribution in [0.3, 0.4) is 0 Å². The van der Waals surface area contributed by atoms with E-state index in [2.05, 4.69) is 24.5 Å². The summed E-state index contributed by atoms with van der Waals surface area (Å²) in [5, 5.41) is 6.57. The fourth-order valence-electron chi connectivity index (χ4n) is 5.90. The lowest BCUT2D eigenvalue weighted by Gasteiger charge is -2.57. The van der Waals surface area contributed by atoms with Gasteiger partial charge in [0, 0.05) is 23.0 Å². The van der Waals surface area contributed by atoms with Crippen molar-refractivity contribution >= 4 is 6.03 Å². The van der Waals surface area contributed by atoms with Gasteiger partial charge in [-0.15, -0.1) is 0 Å². The lowest BCUT2D eigenvalue weighted by Crippen LogP contribution is -2.68. The minimum absolute atomic E-state index is 0.0266. The molecule has 4 N–H and O–H groups in total. The number of hydrogen-bond donors (Lipinski definition) is 3. The molecule has 0 aromatic heterocycles. The number of rotatable bonds is 2. The number of nitrogens with two attached hydrogens (primary N) is 1. The molecule has 4 bridgehead atoms. The van der Waals surface area contributed by atoms with Crippen LogP contribution in [-0.2, 0) is 0 Å². The third kappa shape index (κ3) is 2.18. The van der Waals surface area contributed by atoms with Crippen LogP contribution < -0.4 is 16.4 Å². The fourth-order valence-corrected chi connectivity index (χ4v) is 5.90. The van der Waals surface area contributed by atoms with Crippen LogP contribution in [-0.4, -0.2) is 23.7 Å². The van der Waals surface area contributed by atoms with Crippen LogP contribution in [0.1, 0.15) is 58.8 Å². The smallest absolute Gasteiger partial charge is 0.315 e. The molecule has 5 aliphatic carbocycles. The highest BCUT2D eigenvalue weighted by atomic mass is 16.2. The van der Waals surface area contributed by atoms with Crippen LogP contribution >= 0.6 is 0 Å². The van der Waals surface area contributed by atoms with Gasteiger partial charge in [0.15, 0.2) is 0 Å². The van der Waals surface area contributed by atoms with Crippen LogP contribution in [0, 0.1) is 23.2 Å². The second-order valence-corrected chi connectivity index (χ2v) is 9.01. The number of hydrogen-bond acceptors (Lipinski definition) is 2.